The van der Waals surface area contributed by atoms with Crippen LogP contribution in [0.1, 0.15) is 20.8 Å². The topological polar surface area (TPSA) is 75.1 Å². The molecule has 0 saturated carbocycles. The van der Waals surface area contributed by atoms with Crippen molar-refractivity contribution in [3.63, 3.8) is 0 Å². The second-order valence-corrected chi connectivity index (χ2v) is 2.42. The Balaban J connectivity index is 4.08. The molecule has 0 aromatic carbocycles. The lowest BCUT2D eigenvalue weighted by Crippen LogP contribution is -2.10. The van der Waals surface area contributed by atoms with Gasteiger partial charge in [-0.1, -0.05) is 17.0 Å². The SMILES string of the molecule is CC(=O)O[C@@H](C)C#CC(C)N=[N+]=[N-]. The fraction of sp³-hybridized carbons (Fsp3) is 0.625. The van der Waals surface area contributed by atoms with E-state index in [1.807, 2.05) is 0 Å². The predicted molar refractivity (Wildman–Crippen MR) is 47.6 cm³/mol. The summed E-state index contributed by atoms with van der Waals surface area (Å²) in [5, 5.41) is 3.34. The van der Waals surface area contributed by atoms with Crippen LogP contribution >= 0.6 is 0 Å². The number of azide groups is 1. The predicted octanol–water partition coefficient (Wildman–Crippen LogP) is 1.64. The molecule has 0 spiro atoms. The van der Waals surface area contributed by atoms with Gasteiger partial charge >= 0.3 is 5.97 Å². The van der Waals surface area contributed by atoms with Gasteiger partial charge in [-0.3, -0.25) is 4.79 Å². The molecule has 0 aromatic rings. The third-order valence-corrected chi connectivity index (χ3v) is 1.06. The Kier molecular flexibility index (Phi) is 5.17. The lowest BCUT2D eigenvalue weighted by Gasteiger charge is -2.02. The van der Waals surface area contributed by atoms with Gasteiger partial charge in [-0.2, -0.15) is 0 Å². The van der Waals surface area contributed by atoms with Crippen molar-refractivity contribution in [2.24, 2.45) is 5.11 Å². The maximum atomic E-state index is 10.5. The van der Waals surface area contributed by atoms with Gasteiger partial charge in [-0.05, 0) is 19.4 Å². The second-order valence-electron chi connectivity index (χ2n) is 2.42. The van der Waals surface area contributed by atoms with E-state index in [1.165, 1.54) is 6.92 Å². The first-order valence-electron chi connectivity index (χ1n) is 3.78. The van der Waals surface area contributed by atoms with E-state index in [9.17, 15) is 4.79 Å². The Morgan fingerprint density at radius 1 is 1.54 bits per heavy atom. The van der Waals surface area contributed by atoms with Crippen LogP contribution in [0.4, 0.5) is 0 Å². The van der Waals surface area contributed by atoms with Crippen LogP contribution in [-0.2, 0) is 9.53 Å². The van der Waals surface area contributed by atoms with Crippen LogP contribution < -0.4 is 0 Å². The van der Waals surface area contributed by atoms with Crippen molar-refractivity contribution in [1.29, 1.82) is 0 Å². The summed E-state index contributed by atoms with van der Waals surface area (Å²) in [7, 11) is 0. The van der Waals surface area contributed by atoms with Gasteiger partial charge < -0.3 is 4.74 Å². The molecule has 0 rings (SSSR count). The number of ether oxygens (including phenoxy) is 1. The van der Waals surface area contributed by atoms with E-state index in [0.717, 1.165) is 0 Å². The molecule has 0 amide bonds. The van der Waals surface area contributed by atoms with Crippen LogP contribution in [-0.4, -0.2) is 18.1 Å². The summed E-state index contributed by atoms with van der Waals surface area (Å²) in [6.45, 7) is 4.62. The summed E-state index contributed by atoms with van der Waals surface area (Å²) in [5.41, 5.74) is 8.05. The number of rotatable bonds is 2. The molecule has 5 nitrogen and oxygen atoms in total. The second kappa shape index (κ2) is 5.92. The van der Waals surface area contributed by atoms with E-state index < -0.39 is 12.1 Å². The van der Waals surface area contributed by atoms with E-state index in [0.29, 0.717) is 0 Å². The molecule has 0 fully saturated rings. The van der Waals surface area contributed by atoms with E-state index in [1.54, 1.807) is 13.8 Å². The highest BCUT2D eigenvalue weighted by atomic mass is 16.5. The van der Waals surface area contributed by atoms with Crippen LogP contribution in [0.2, 0.25) is 0 Å². The molecular formula is C8H11N3O2. The third-order valence-electron chi connectivity index (χ3n) is 1.06. The summed E-state index contributed by atoms with van der Waals surface area (Å²) in [6.07, 6.45) is -0.464. The Bertz CT molecular complexity index is 283. The smallest absolute Gasteiger partial charge is 0.303 e. The lowest BCUT2D eigenvalue weighted by atomic mass is 10.3. The van der Waals surface area contributed by atoms with E-state index in [-0.39, 0.29) is 5.97 Å². The maximum Gasteiger partial charge on any atom is 0.303 e. The molecule has 0 radical (unpaired) electrons. The van der Waals surface area contributed by atoms with Crippen LogP contribution in [0.15, 0.2) is 5.11 Å². The number of carbonyl (C=O) groups is 1. The Morgan fingerprint density at radius 3 is 2.62 bits per heavy atom. The molecule has 13 heavy (non-hydrogen) atoms. The van der Waals surface area contributed by atoms with E-state index in [4.69, 9.17) is 10.3 Å². The van der Waals surface area contributed by atoms with Crippen LogP contribution in [0.5, 0.6) is 0 Å². The number of esters is 1. The molecule has 0 saturated heterocycles. The molecule has 0 heterocycles. The number of hydrogen-bond acceptors (Lipinski definition) is 3. The van der Waals surface area contributed by atoms with Gasteiger partial charge in [0.05, 0.1) is 6.04 Å². The van der Waals surface area contributed by atoms with Crippen molar-refractivity contribution in [3.05, 3.63) is 10.4 Å². The van der Waals surface area contributed by atoms with Gasteiger partial charge in [-0.25, -0.2) is 0 Å². The Hall–Kier alpha value is -1.66. The summed E-state index contributed by atoms with van der Waals surface area (Å²) in [5.74, 6) is 4.90. The minimum atomic E-state index is -0.464. The molecule has 2 atom stereocenters. The quantitative estimate of drug-likeness (QED) is 0.213. The van der Waals surface area contributed by atoms with E-state index in [2.05, 4.69) is 21.9 Å². The minimum Gasteiger partial charge on any atom is -0.450 e. The highest BCUT2D eigenvalue weighted by Crippen LogP contribution is 1.91. The first-order valence-corrected chi connectivity index (χ1v) is 3.78. The van der Waals surface area contributed by atoms with Crippen molar-refractivity contribution in [2.75, 3.05) is 0 Å². The minimum absolute atomic E-state index is 0.377. The first-order chi connectivity index (χ1) is 6.06. The summed E-state index contributed by atoms with van der Waals surface area (Å²) < 4.78 is 4.73. The first kappa shape index (κ1) is 11.3. The molecule has 0 bridgehead atoms. The van der Waals surface area contributed by atoms with Crippen molar-refractivity contribution in [1.82, 2.24) is 0 Å². The zero-order chi connectivity index (χ0) is 10.3. The molecule has 0 aromatic heterocycles. The summed E-state index contributed by atoms with van der Waals surface area (Å²) in [4.78, 5) is 13.0. The van der Waals surface area contributed by atoms with Crippen LogP contribution in [0.25, 0.3) is 10.4 Å². The zero-order valence-corrected chi connectivity index (χ0v) is 7.81. The fourth-order valence-electron chi connectivity index (χ4n) is 0.623. The highest BCUT2D eigenvalue weighted by Gasteiger charge is 1.99. The van der Waals surface area contributed by atoms with Crippen molar-refractivity contribution in [2.45, 2.75) is 32.9 Å². The van der Waals surface area contributed by atoms with Crippen molar-refractivity contribution < 1.29 is 9.53 Å². The zero-order valence-electron chi connectivity index (χ0n) is 7.81. The Labute approximate surface area is 76.7 Å². The Morgan fingerprint density at radius 2 is 2.15 bits per heavy atom. The number of hydrogen-bond donors (Lipinski definition) is 0. The monoisotopic (exact) mass is 181 g/mol. The molecule has 0 N–H and O–H groups in total. The molecule has 0 aliphatic heterocycles. The molecular weight excluding hydrogens is 170 g/mol. The molecule has 0 aliphatic rings. The summed E-state index contributed by atoms with van der Waals surface area (Å²) in [6, 6.07) is -0.400. The molecule has 70 valence electrons. The average Bonchev–Trinajstić information content (AvgIpc) is 2.00. The van der Waals surface area contributed by atoms with Crippen molar-refractivity contribution in [3.8, 4) is 11.8 Å². The van der Waals surface area contributed by atoms with Gasteiger partial charge in [0.15, 0.2) is 6.10 Å². The normalized spacial score (nSPS) is 12.8. The summed E-state index contributed by atoms with van der Waals surface area (Å²) >= 11 is 0. The standard InChI is InChI=1S/C8H11N3O2/c1-6(10-11-9)4-5-7(2)13-8(3)12/h6-7H,1-3H3/t6?,7-/m0/s1. The maximum absolute atomic E-state index is 10.5. The average molecular weight is 181 g/mol. The van der Waals surface area contributed by atoms with Crippen LogP contribution in [0, 0.1) is 11.8 Å². The van der Waals surface area contributed by atoms with Gasteiger partial charge in [0.2, 0.25) is 0 Å². The van der Waals surface area contributed by atoms with Gasteiger partial charge in [0, 0.05) is 11.8 Å². The van der Waals surface area contributed by atoms with Gasteiger partial charge in [0.1, 0.15) is 0 Å². The van der Waals surface area contributed by atoms with E-state index >= 15 is 0 Å². The molecule has 1 unspecified atom stereocenters. The van der Waals surface area contributed by atoms with Crippen LogP contribution in [0.3, 0.4) is 0 Å². The van der Waals surface area contributed by atoms with Crippen molar-refractivity contribution >= 4 is 5.97 Å². The number of nitrogens with zero attached hydrogens (tertiary/aromatic N) is 3. The van der Waals surface area contributed by atoms with Gasteiger partial charge in [-0.15, -0.1) is 0 Å². The molecule has 0 aliphatic carbocycles. The van der Waals surface area contributed by atoms with Gasteiger partial charge in [0.25, 0.3) is 0 Å². The number of carbonyl (C=O) groups excluding carboxylic acids is 1. The lowest BCUT2D eigenvalue weighted by molar-refractivity contribution is -0.143. The molecule has 5 heteroatoms. The fourth-order valence-corrected chi connectivity index (χ4v) is 0.623. The highest BCUT2D eigenvalue weighted by molar-refractivity contribution is 5.66. The largest absolute Gasteiger partial charge is 0.450 e. The third kappa shape index (κ3) is 6.73.